The van der Waals surface area contributed by atoms with Crippen LogP contribution in [0.1, 0.15) is 26.2 Å². The third-order valence-electron chi connectivity index (χ3n) is 2.87. The highest BCUT2D eigenvalue weighted by Gasteiger charge is 2.15. The zero-order valence-electron chi connectivity index (χ0n) is 9.47. The zero-order valence-corrected chi connectivity index (χ0v) is 9.47. The van der Waals surface area contributed by atoms with Crippen molar-refractivity contribution in [3.63, 3.8) is 0 Å². The topological polar surface area (TPSA) is 15.3 Å². The number of likely N-dealkylation sites (tertiary alicyclic amines) is 1. The first-order chi connectivity index (χ1) is 6.83. The van der Waals surface area contributed by atoms with Crippen LogP contribution in [0.3, 0.4) is 0 Å². The largest absolute Gasteiger partial charge is 0.316 e. The minimum Gasteiger partial charge on any atom is -0.316 e. The molecule has 80 valence electrons. The molecule has 0 bridgehead atoms. The van der Waals surface area contributed by atoms with Crippen LogP contribution in [0, 0.1) is 17.8 Å². The van der Waals surface area contributed by atoms with Gasteiger partial charge in [-0.15, -0.1) is 11.8 Å². The Balaban J connectivity index is 1.98. The fourth-order valence-corrected chi connectivity index (χ4v) is 1.85. The van der Waals surface area contributed by atoms with Crippen LogP contribution in [0.4, 0.5) is 0 Å². The minimum absolute atomic E-state index is 0.890. The van der Waals surface area contributed by atoms with Gasteiger partial charge in [-0.1, -0.05) is 0 Å². The first kappa shape index (κ1) is 11.6. The van der Waals surface area contributed by atoms with Crippen LogP contribution in [-0.2, 0) is 0 Å². The van der Waals surface area contributed by atoms with Crippen LogP contribution in [0.25, 0.3) is 0 Å². The van der Waals surface area contributed by atoms with E-state index in [1.165, 1.54) is 32.5 Å². The van der Waals surface area contributed by atoms with Gasteiger partial charge in [-0.05, 0) is 52.4 Å². The van der Waals surface area contributed by atoms with E-state index >= 15 is 0 Å². The van der Waals surface area contributed by atoms with E-state index in [2.05, 4.69) is 29.1 Å². The molecular formula is C12H22N2. The molecule has 0 aromatic carbocycles. The van der Waals surface area contributed by atoms with E-state index in [0.29, 0.717) is 0 Å². The molecule has 1 rings (SSSR count). The van der Waals surface area contributed by atoms with Crippen molar-refractivity contribution < 1.29 is 0 Å². The number of hydrogen-bond donors (Lipinski definition) is 1. The number of piperidine rings is 1. The summed E-state index contributed by atoms with van der Waals surface area (Å²) in [6.45, 7) is 6.66. The van der Waals surface area contributed by atoms with Crippen molar-refractivity contribution >= 4 is 0 Å². The summed E-state index contributed by atoms with van der Waals surface area (Å²) in [5.41, 5.74) is 0. The Hall–Kier alpha value is -0.520. The van der Waals surface area contributed by atoms with Gasteiger partial charge in [-0.2, -0.15) is 0 Å². The van der Waals surface area contributed by atoms with Crippen molar-refractivity contribution in [3.05, 3.63) is 0 Å². The molecule has 0 aromatic rings. The number of hydrogen-bond acceptors (Lipinski definition) is 2. The summed E-state index contributed by atoms with van der Waals surface area (Å²) in [5.74, 6) is 6.88. The second-order valence-electron chi connectivity index (χ2n) is 4.13. The first-order valence-electron chi connectivity index (χ1n) is 5.62. The summed E-state index contributed by atoms with van der Waals surface area (Å²) in [6, 6.07) is 0. The third kappa shape index (κ3) is 4.64. The molecule has 14 heavy (non-hydrogen) atoms. The summed E-state index contributed by atoms with van der Waals surface area (Å²) in [5, 5.41) is 3.48. The van der Waals surface area contributed by atoms with Gasteiger partial charge >= 0.3 is 0 Å². The lowest BCUT2D eigenvalue weighted by atomic mass is 9.97. The quantitative estimate of drug-likeness (QED) is 0.536. The lowest BCUT2D eigenvalue weighted by Gasteiger charge is -2.28. The van der Waals surface area contributed by atoms with E-state index in [1.54, 1.807) is 0 Å². The van der Waals surface area contributed by atoms with E-state index in [0.717, 1.165) is 18.9 Å². The van der Waals surface area contributed by atoms with E-state index in [1.807, 2.05) is 6.92 Å². The highest BCUT2D eigenvalue weighted by molar-refractivity contribution is 4.95. The molecule has 0 aliphatic carbocycles. The van der Waals surface area contributed by atoms with Crippen LogP contribution < -0.4 is 5.32 Å². The van der Waals surface area contributed by atoms with Crippen molar-refractivity contribution in [2.45, 2.75) is 26.2 Å². The molecular weight excluding hydrogens is 172 g/mol. The maximum absolute atomic E-state index is 3.48. The minimum atomic E-state index is 0.890. The smallest absolute Gasteiger partial charge is 0.0214 e. The van der Waals surface area contributed by atoms with Crippen LogP contribution in [0.15, 0.2) is 0 Å². The number of rotatable bonds is 4. The molecule has 0 atom stereocenters. The predicted octanol–water partition coefficient (Wildman–Crippen LogP) is 1.33. The summed E-state index contributed by atoms with van der Waals surface area (Å²) < 4.78 is 0. The van der Waals surface area contributed by atoms with Crippen LogP contribution >= 0.6 is 0 Å². The molecule has 1 aliphatic rings. The monoisotopic (exact) mass is 194 g/mol. The van der Waals surface area contributed by atoms with Crippen LogP contribution in [0.5, 0.6) is 0 Å². The van der Waals surface area contributed by atoms with E-state index < -0.39 is 0 Å². The lowest BCUT2D eigenvalue weighted by Crippen LogP contribution is -2.35. The van der Waals surface area contributed by atoms with Gasteiger partial charge in [0.15, 0.2) is 0 Å². The molecule has 0 unspecified atom stereocenters. The Labute approximate surface area is 88.1 Å². The number of nitrogens with zero attached hydrogens (tertiary/aromatic N) is 1. The Bertz CT molecular complexity index is 194. The maximum atomic E-state index is 3.48. The molecule has 0 aromatic heterocycles. The van der Waals surface area contributed by atoms with Crippen molar-refractivity contribution in [2.24, 2.45) is 5.92 Å². The van der Waals surface area contributed by atoms with Gasteiger partial charge < -0.3 is 10.2 Å². The van der Waals surface area contributed by atoms with Crippen LogP contribution in [-0.4, -0.2) is 38.1 Å². The zero-order chi connectivity index (χ0) is 10.2. The van der Waals surface area contributed by atoms with Crippen molar-refractivity contribution in [3.8, 4) is 11.8 Å². The molecule has 1 heterocycles. The average molecular weight is 194 g/mol. The Morgan fingerprint density at radius 3 is 2.71 bits per heavy atom. The summed E-state index contributed by atoms with van der Waals surface area (Å²) >= 11 is 0. The van der Waals surface area contributed by atoms with Gasteiger partial charge in [0.25, 0.3) is 0 Å². The van der Waals surface area contributed by atoms with E-state index in [-0.39, 0.29) is 0 Å². The van der Waals surface area contributed by atoms with Gasteiger partial charge in [0, 0.05) is 13.0 Å². The lowest BCUT2D eigenvalue weighted by molar-refractivity contribution is 0.216. The van der Waals surface area contributed by atoms with E-state index in [4.69, 9.17) is 0 Å². The van der Waals surface area contributed by atoms with E-state index in [9.17, 15) is 0 Å². The fourth-order valence-electron chi connectivity index (χ4n) is 1.85. The second-order valence-corrected chi connectivity index (χ2v) is 4.13. The molecule has 1 saturated heterocycles. The maximum Gasteiger partial charge on any atom is 0.0214 e. The molecule has 1 aliphatic heterocycles. The first-order valence-corrected chi connectivity index (χ1v) is 5.62. The Kier molecular flexibility index (Phi) is 5.66. The average Bonchev–Trinajstić information content (AvgIpc) is 2.21. The standard InChI is InChI=1S/C12H22N2/c1-3-4-5-8-13-11-12-6-9-14(2)10-7-12/h12-13H,5-11H2,1-2H3. The third-order valence-corrected chi connectivity index (χ3v) is 2.87. The normalized spacial score (nSPS) is 19.0. The molecule has 0 saturated carbocycles. The van der Waals surface area contributed by atoms with Gasteiger partial charge in [-0.25, -0.2) is 0 Å². The van der Waals surface area contributed by atoms with Crippen molar-refractivity contribution in [1.82, 2.24) is 10.2 Å². The Morgan fingerprint density at radius 2 is 2.07 bits per heavy atom. The van der Waals surface area contributed by atoms with Gasteiger partial charge in [-0.3, -0.25) is 0 Å². The highest BCUT2D eigenvalue weighted by atomic mass is 15.1. The summed E-state index contributed by atoms with van der Waals surface area (Å²) in [4.78, 5) is 2.42. The fraction of sp³-hybridized carbons (Fsp3) is 0.833. The van der Waals surface area contributed by atoms with Crippen molar-refractivity contribution in [1.29, 1.82) is 0 Å². The Morgan fingerprint density at radius 1 is 1.36 bits per heavy atom. The van der Waals surface area contributed by atoms with Gasteiger partial charge in [0.2, 0.25) is 0 Å². The SMILES string of the molecule is CC#CCCNCC1CCN(C)CC1. The number of nitrogens with one attached hydrogen (secondary N) is 1. The van der Waals surface area contributed by atoms with Crippen molar-refractivity contribution in [2.75, 3.05) is 33.2 Å². The molecule has 0 radical (unpaired) electrons. The predicted molar refractivity (Wildman–Crippen MR) is 61.2 cm³/mol. The molecule has 2 nitrogen and oxygen atoms in total. The molecule has 2 heteroatoms. The molecule has 0 amide bonds. The summed E-state index contributed by atoms with van der Waals surface area (Å²) in [7, 11) is 2.21. The van der Waals surface area contributed by atoms with Gasteiger partial charge in [0.05, 0.1) is 0 Å². The van der Waals surface area contributed by atoms with Crippen LogP contribution in [0.2, 0.25) is 0 Å². The summed E-state index contributed by atoms with van der Waals surface area (Å²) in [6.07, 6.45) is 3.69. The molecule has 1 fully saturated rings. The van der Waals surface area contributed by atoms with Gasteiger partial charge in [0.1, 0.15) is 0 Å². The second kappa shape index (κ2) is 6.86. The molecule has 0 spiro atoms. The molecule has 1 N–H and O–H groups in total. The highest BCUT2D eigenvalue weighted by Crippen LogP contribution is 2.14.